The van der Waals surface area contributed by atoms with Crippen LogP contribution in [0.2, 0.25) is 0 Å². The number of ether oxygens (including phenoxy) is 1. The van der Waals surface area contributed by atoms with Gasteiger partial charge in [0.15, 0.2) is 12.1 Å². The van der Waals surface area contributed by atoms with E-state index in [1.54, 1.807) is 54.1 Å². The summed E-state index contributed by atoms with van der Waals surface area (Å²) >= 11 is 1.72. The van der Waals surface area contributed by atoms with Crippen LogP contribution in [0.15, 0.2) is 42.9 Å². The molecule has 0 radical (unpaired) electrons. The highest BCUT2D eigenvalue weighted by atomic mass is 127. The van der Waals surface area contributed by atoms with Crippen molar-refractivity contribution in [1.29, 1.82) is 0 Å². The number of nitrogens with zero attached hydrogens (tertiary/aromatic N) is 4. The molecule has 2 aliphatic rings. The lowest BCUT2D eigenvalue weighted by atomic mass is 9.92. The molecule has 0 aliphatic heterocycles. The fourth-order valence-corrected chi connectivity index (χ4v) is 6.65. The molecule has 0 spiro atoms. The van der Waals surface area contributed by atoms with Gasteiger partial charge in [-0.05, 0) is 92.0 Å². The molecule has 2 aromatic heterocycles. The number of hydrogen-bond acceptors (Lipinski definition) is 7. The molecule has 42 heavy (non-hydrogen) atoms. The van der Waals surface area contributed by atoms with E-state index in [1.165, 1.54) is 6.07 Å². The van der Waals surface area contributed by atoms with E-state index in [2.05, 4.69) is 15.1 Å². The van der Waals surface area contributed by atoms with Crippen molar-refractivity contribution in [3.05, 3.63) is 82.3 Å². The van der Waals surface area contributed by atoms with Crippen molar-refractivity contribution in [1.82, 2.24) is 19.7 Å². The van der Waals surface area contributed by atoms with Crippen LogP contribution < -0.4 is 4.74 Å². The fraction of sp³-hybridized carbons (Fsp3) is 0.387. The Kier molecular flexibility index (Phi) is 7.57. The predicted molar refractivity (Wildman–Crippen MR) is 160 cm³/mol. The maximum absolute atomic E-state index is 15.2. The molecule has 2 heterocycles. The van der Waals surface area contributed by atoms with Crippen LogP contribution in [0.4, 0.5) is 8.78 Å². The molecule has 0 saturated heterocycles. The summed E-state index contributed by atoms with van der Waals surface area (Å²) < 4.78 is 42.5. The number of aryl methyl sites for hydroxylation is 2. The molecule has 4 atom stereocenters. The molecule has 11 heteroatoms. The summed E-state index contributed by atoms with van der Waals surface area (Å²) in [6.45, 7) is 7.32. The third-order valence-electron chi connectivity index (χ3n) is 8.12. The van der Waals surface area contributed by atoms with Gasteiger partial charge in [0.25, 0.3) is 0 Å². The lowest BCUT2D eigenvalue weighted by molar-refractivity contribution is -0.00713. The maximum Gasteiger partial charge on any atom is 0.213 e. The molecule has 6 rings (SSSR count). The lowest BCUT2D eigenvalue weighted by Gasteiger charge is -2.16. The molecule has 220 valence electrons. The molecule has 0 amide bonds. The summed E-state index contributed by atoms with van der Waals surface area (Å²) in [6, 6.07) is 8.00. The molecule has 2 aliphatic carbocycles. The molecule has 1 unspecified atom stereocenters. The molecular weight excluding hydrogens is 657 g/mol. The zero-order valence-corrected chi connectivity index (χ0v) is 25.8. The SMILES string of the molecule is Cc1cc(-c2ncn(CC(C)(C)O)n2)cc(C)c1-c1cc(COc2cc3c(cn2)[C@H]2[C@@H](C3)[C@@H]2C(O)OI)c(F)cc1F. The van der Waals surface area contributed by atoms with Crippen LogP contribution in [0.1, 0.15) is 47.6 Å². The second-order valence-electron chi connectivity index (χ2n) is 11.9. The van der Waals surface area contributed by atoms with Crippen LogP contribution >= 0.6 is 23.0 Å². The number of halogens is 3. The first kappa shape index (κ1) is 29.1. The number of pyridine rings is 1. The largest absolute Gasteiger partial charge is 0.473 e. The quantitative estimate of drug-likeness (QED) is 0.169. The van der Waals surface area contributed by atoms with Crippen LogP contribution in [-0.4, -0.2) is 41.9 Å². The van der Waals surface area contributed by atoms with Crippen molar-refractivity contribution in [2.45, 2.75) is 65.1 Å². The van der Waals surface area contributed by atoms with Crippen LogP contribution in [-0.2, 0) is 22.6 Å². The molecule has 4 aromatic rings. The van der Waals surface area contributed by atoms with E-state index in [0.29, 0.717) is 29.7 Å². The Morgan fingerprint density at radius 1 is 1.10 bits per heavy atom. The van der Waals surface area contributed by atoms with Gasteiger partial charge in [-0.1, -0.05) is 0 Å². The summed E-state index contributed by atoms with van der Waals surface area (Å²) in [7, 11) is 0. The van der Waals surface area contributed by atoms with Crippen LogP contribution in [0.3, 0.4) is 0 Å². The van der Waals surface area contributed by atoms with E-state index in [4.69, 9.17) is 7.80 Å². The van der Waals surface area contributed by atoms with E-state index in [1.807, 2.05) is 32.0 Å². The third kappa shape index (κ3) is 5.54. The minimum Gasteiger partial charge on any atom is -0.473 e. The van der Waals surface area contributed by atoms with Crippen molar-refractivity contribution in [2.75, 3.05) is 0 Å². The van der Waals surface area contributed by atoms with Crippen molar-refractivity contribution < 1.29 is 26.8 Å². The van der Waals surface area contributed by atoms with Gasteiger partial charge in [-0.3, -0.25) is 3.07 Å². The maximum atomic E-state index is 15.2. The second kappa shape index (κ2) is 10.9. The minimum absolute atomic E-state index is 0.0860. The summed E-state index contributed by atoms with van der Waals surface area (Å²) in [5.41, 5.74) is 4.76. The van der Waals surface area contributed by atoms with Gasteiger partial charge in [0.2, 0.25) is 5.88 Å². The Labute approximate surface area is 256 Å². The first-order valence-electron chi connectivity index (χ1n) is 13.7. The van der Waals surface area contributed by atoms with Gasteiger partial charge >= 0.3 is 0 Å². The van der Waals surface area contributed by atoms with Gasteiger partial charge < -0.3 is 14.9 Å². The minimum atomic E-state index is -0.933. The topological polar surface area (TPSA) is 103 Å². The van der Waals surface area contributed by atoms with E-state index in [-0.39, 0.29) is 29.6 Å². The fourth-order valence-electron chi connectivity index (χ4n) is 6.31. The van der Waals surface area contributed by atoms with Gasteiger partial charge in [0.1, 0.15) is 47.6 Å². The number of aromatic nitrogens is 4. The molecule has 1 fully saturated rings. The molecular formula is C31H31F2IN4O4. The Balaban J connectivity index is 1.21. The summed E-state index contributed by atoms with van der Waals surface area (Å²) in [5, 5.41) is 24.6. The standard InChI is InChI=1S/C31H31F2IN4O4/c1-15-5-18(29-36-14-38(37-29)13-31(3,4)40)6-16(2)26(15)20-8-19(23(32)10-24(20)33)12-41-25-9-17-7-21-27(22(17)11-35-25)28(21)30(39)42-34/h5-6,8-11,14,21,27-28,30,39-40H,7,12-13H2,1-4H3/t21-,27-,28+,30?/m1/s1. The van der Waals surface area contributed by atoms with Gasteiger partial charge in [-0.25, -0.2) is 23.4 Å². The third-order valence-corrected chi connectivity index (χ3v) is 8.64. The Morgan fingerprint density at radius 3 is 2.52 bits per heavy atom. The monoisotopic (exact) mass is 688 g/mol. The lowest BCUT2D eigenvalue weighted by Crippen LogP contribution is -2.26. The molecule has 8 nitrogen and oxygen atoms in total. The number of aliphatic hydroxyl groups excluding tert-OH is 1. The van der Waals surface area contributed by atoms with Gasteiger partial charge in [-0.2, -0.15) is 5.10 Å². The zero-order chi connectivity index (χ0) is 29.9. The van der Waals surface area contributed by atoms with Crippen molar-refractivity contribution in [3.8, 4) is 28.4 Å². The molecule has 0 bridgehead atoms. The van der Waals surface area contributed by atoms with E-state index in [9.17, 15) is 14.6 Å². The predicted octanol–water partition coefficient (Wildman–Crippen LogP) is 5.82. The summed E-state index contributed by atoms with van der Waals surface area (Å²) in [6.07, 6.45) is 3.35. The average molecular weight is 689 g/mol. The molecule has 2 N–H and O–H groups in total. The summed E-state index contributed by atoms with van der Waals surface area (Å²) in [5.74, 6) is 0.164. The van der Waals surface area contributed by atoms with Crippen LogP contribution in [0.25, 0.3) is 22.5 Å². The normalized spacial score (nSPS) is 19.9. The highest BCUT2D eigenvalue weighted by molar-refractivity contribution is 14.1. The first-order chi connectivity index (χ1) is 19.9. The van der Waals surface area contributed by atoms with Crippen LogP contribution in [0, 0.1) is 37.3 Å². The highest BCUT2D eigenvalue weighted by Gasteiger charge is 2.59. The number of rotatable bonds is 9. The summed E-state index contributed by atoms with van der Waals surface area (Å²) in [4.78, 5) is 8.78. The van der Waals surface area contributed by atoms with E-state index < -0.39 is 23.5 Å². The highest BCUT2D eigenvalue weighted by Crippen LogP contribution is 2.63. The first-order valence-corrected chi connectivity index (χ1v) is 14.6. The number of benzene rings is 2. The van der Waals surface area contributed by atoms with Gasteiger partial charge in [-0.15, -0.1) is 0 Å². The Hall–Kier alpha value is -3.00. The smallest absolute Gasteiger partial charge is 0.213 e. The van der Waals surface area contributed by atoms with Gasteiger partial charge in [0, 0.05) is 40.9 Å². The van der Waals surface area contributed by atoms with E-state index >= 15 is 4.39 Å². The number of fused-ring (bicyclic) bond motifs is 3. The Morgan fingerprint density at radius 2 is 1.83 bits per heavy atom. The second-order valence-corrected chi connectivity index (χ2v) is 12.5. The molecule has 2 aromatic carbocycles. The van der Waals surface area contributed by atoms with Gasteiger partial charge in [0.05, 0.1) is 12.1 Å². The van der Waals surface area contributed by atoms with Crippen molar-refractivity contribution in [3.63, 3.8) is 0 Å². The number of aliphatic hydroxyl groups is 2. The average Bonchev–Trinajstić information content (AvgIpc) is 3.23. The van der Waals surface area contributed by atoms with Crippen molar-refractivity contribution in [2.24, 2.45) is 11.8 Å². The van der Waals surface area contributed by atoms with Crippen LogP contribution in [0.5, 0.6) is 5.88 Å². The zero-order valence-electron chi connectivity index (χ0n) is 23.6. The van der Waals surface area contributed by atoms with E-state index in [0.717, 1.165) is 40.3 Å². The van der Waals surface area contributed by atoms with Crippen molar-refractivity contribution >= 4 is 23.0 Å². The number of hydrogen-bond donors (Lipinski definition) is 2. The Bertz CT molecular complexity index is 1650. The molecule has 1 saturated carbocycles.